The largest absolute Gasteiger partial charge is 0.352 e. The van der Waals surface area contributed by atoms with Gasteiger partial charge in [0.2, 0.25) is 5.91 Å². The number of nitrogens with zero attached hydrogens (tertiary/aromatic N) is 2. The van der Waals surface area contributed by atoms with E-state index in [1.54, 1.807) is 12.1 Å². The number of amides is 2. The molecule has 2 fully saturated rings. The van der Waals surface area contributed by atoms with Crippen LogP contribution < -0.4 is 5.32 Å². The molecule has 1 saturated carbocycles. The fourth-order valence-electron chi connectivity index (χ4n) is 4.28. The lowest BCUT2D eigenvalue weighted by Gasteiger charge is -2.28. The summed E-state index contributed by atoms with van der Waals surface area (Å²) in [4.78, 5) is 29.2. The van der Waals surface area contributed by atoms with Crippen LogP contribution in [0, 0.1) is 5.92 Å². The van der Waals surface area contributed by atoms with Crippen molar-refractivity contribution in [2.75, 3.05) is 39.3 Å². The number of hydrogen-bond acceptors (Lipinski definition) is 3. The molecule has 0 aromatic heterocycles. The van der Waals surface area contributed by atoms with E-state index in [2.05, 4.69) is 26.1 Å². The van der Waals surface area contributed by atoms with Gasteiger partial charge in [0.05, 0.1) is 0 Å². The minimum atomic E-state index is -0.130. The first-order chi connectivity index (χ1) is 13.6. The van der Waals surface area contributed by atoms with Gasteiger partial charge in [-0.25, -0.2) is 0 Å². The standard InChI is InChI=1S/C22H32BrN3O2/c23-20-9-7-19(8-10-20)22(28)24-12-11-21(27)26-14-4-13-25(15-16-26)17-18-5-2-1-3-6-18/h7-10,18H,1-6,11-17H2,(H,24,28). The molecule has 2 aliphatic rings. The topological polar surface area (TPSA) is 52.7 Å². The third kappa shape index (κ3) is 6.59. The summed E-state index contributed by atoms with van der Waals surface area (Å²) in [6.07, 6.45) is 8.32. The van der Waals surface area contributed by atoms with Gasteiger partial charge in [-0.15, -0.1) is 0 Å². The van der Waals surface area contributed by atoms with Crippen molar-refractivity contribution in [2.24, 2.45) is 5.92 Å². The Bertz CT molecular complexity index is 644. The van der Waals surface area contributed by atoms with Crippen molar-refractivity contribution in [1.29, 1.82) is 0 Å². The summed E-state index contributed by atoms with van der Waals surface area (Å²) in [6, 6.07) is 7.24. The van der Waals surface area contributed by atoms with Gasteiger partial charge in [-0.2, -0.15) is 0 Å². The van der Waals surface area contributed by atoms with Crippen molar-refractivity contribution in [1.82, 2.24) is 15.1 Å². The van der Waals surface area contributed by atoms with Gasteiger partial charge in [0, 0.05) is 49.2 Å². The van der Waals surface area contributed by atoms with Gasteiger partial charge < -0.3 is 15.1 Å². The number of carbonyl (C=O) groups is 2. The number of halogens is 1. The number of benzene rings is 1. The van der Waals surface area contributed by atoms with Gasteiger partial charge in [0.25, 0.3) is 5.91 Å². The minimum Gasteiger partial charge on any atom is -0.352 e. The van der Waals surface area contributed by atoms with E-state index in [1.807, 2.05) is 17.0 Å². The zero-order chi connectivity index (χ0) is 19.8. The van der Waals surface area contributed by atoms with Crippen LogP contribution in [-0.4, -0.2) is 60.9 Å². The Hall–Kier alpha value is -1.40. The second-order valence-corrected chi connectivity index (χ2v) is 8.97. The van der Waals surface area contributed by atoms with Crippen molar-refractivity contribution in [3.05, 3.63) is 34.3 Å². The van der Waals surface area contributed by atoms with Crippen LogP contribution in [0.2, 0.25) is 0 Å². The molecule has 0 bridgehead atoms. The molecule has 3 rings (SSSR count). The molecule has 1 heterocycles. The Morgan fingerprint density at radius 2 is 1.71 bits per heavy atom. The van der Waals surface area contributed by atoms with Gasteiger partial charge in [0.1, 0.15) is 0 Å². The summed E-state index contributed by atoms with van der Waals surface area (Å²) in [5.41, 5.74) is 0.615. The second-order valence-electron chi connectivity index (χ2n) is 8.05. The van der Waals surface area contributed by atoms with E-state index in [9.17, 15) is 9.59 Å². The van der Waals surface area contributed by atoms with Crippen LogP contribution in [0.4, 0.5) is 0 Å². The highest BCUT2D eigenvalue weighted by molar-refractivity contribution is 9.10. The molecular weight excluding hydrogens is 418 g/mol. The fraction of sp³-hybridized carbons (Fsp3) is 0.636. The molecule has 1 N–H and O–H groups in total. The van der Waals surface area contributed by atoms with E-state index in [4.69, 9.17) is 0 Å². The zero-order valence-electron chi connectivity index (χ0n) is 16.7. The van der Waals surface area contributed by atoms with Gasteiger partial charge >= 0.3 is 0 Å². The maximum atomic E-state index is 12.6. The molecule has 1 saturated heterocycles. The number of carbonyl (C=O) groups excluding carboxylic acids is 2. The van der Waals surface area contributed by atoms with E-state index in [-0.39, 0.29) is 11.8 Å². The Labute approximate surface area is 177 Å². The molecule has 0 atom stereocenters. The Balaban J connectivity index is 1.37. The van der Waals surface area contributed by atoms with Gasteiger partial charge in [0.15, 0.2) is 0 Å². The first-order valence-corrected chi connectivity index (χ1v) is 11.4. The van der Waals surface area contributed by atoms with Gasteiger partial charge in [-0.3, -0.25) is 9.59 Å². The van der Waals surface area contributed by atoms with Crippen LogP contribution in [0.15, 0.2) is 28.7 Å². The first-order valence-electron chi connectivity index (χ1n) is 10.7. The summed E-state index contributed by atoms with van der Waals surface area (Å²) in [5, 5.41) is 2.85. The number of rotatable bonds is 6. The molecule has 0 unspecified atom stereocenters. The Morgan fingerprint density at radius 3 is 2.46 bits per heavy atom. The molecule has 0 radical (unpaired) electrons. The lowest BCUT2D eigenvalue weighted by atomic mass is 9.89. The lowest BCUT2D eigenvalue weighted by Crippen LogP contribution is -2.38. The third-order valence-corrected chi connectivity index (χ3v) is 6.44. The number of hydrogen-bond donors (Lipinski definition) is 1. The van der Waals surface area contributed by atoms with Crippen LogP contribution in [0.1, 0.15) is 55.3 Å². The predicted octanol–water partition coefficient (Wildman–Crippen LogP) is 3.68. The monoisotopic (exact) mass is 449 g/mol. The molecular formula is C22H32BrN3O2. The Morgan fingerprint density at radius 1 is 0.964 bits per heavy atom. The van der Waals surface area contributed by atoms with Crippen molar-refractivity contribution >= 4 is 27.7 Å². The van der Waals surface area contributed by atoms with Crippen molar-refractivity contribution in [3.8, 4) is 0 Å². The molecule has 2 amide bonds. The average Bonchev–Trinajstić information content (AvgIpc) is 2.95. The quantitative estimate of drug-likeness (QED) is 0.720. The zero-order valence-corrected chi connectivity index (χ0v) is 18.3. The highest BCUT2D eigenvalue weighted by Gasteiger charge is 2.22. The van der Waals surface area contributed by atoms with Crippen LogP contribution in [-0.2, 0) is 4.79 Å². The molecule has 6 heteroatoms. The van der Waals surface area contributed by atoms with Gasteiger partial charge in [-0.05, 0) is 56.0 Å². The second kappa shape index (κ2) is 11.0. The highest BCUT2D eigenvalue weighted by atomic mass is 79.9. The minimum absolute atomic E-state index is 0.130. The third-order valence-electron chi connectivity index (χ3n) is 5.91. The van der Waals surface area contributed by atoms with Crippen molar-refractivity contribution in [3.63, 3.8) is 0 Å². The van der Waals surface area contributed by atoms with E-state index in [0.29, 0.717) is 18.5 Å². The molecule has 154 valence electrons. The number of nitrogens with one attached hydrogen (secondary N) is 1. The van der Waals surface area contributed by atoms with E-state index in [1.165, 1.54) is 38.6 Å². The van der Waals surface area contributed by atoms with E-state index >= 15 is 0 Å². The summed E-state index contributed by atoms with van der Waals surface area (Å²) in [5.74, 6) is 0.871. The smallest absolute Gasteiger partial charge is 0.251 e. The molecule has 28 heavy (non-hydrogen) atoms. The van der Waals surface area contributed by atoms with Crippen LogP contribution in [0.25, 0.3) is 0 Å². The molecule has 0 spiro atoms. The van der Waals surface area contributed by atoms with E-state index in [0.717, 1.165) is 43.0 Å². The molecule has 5 nitrogen and oxygen atoms in total. The average molecular weight is 450 g/mol. The molecule has 1 aliphatic carbocycles. The van der Waals surface area contributed by atoms with E-state index < -0.39 is 0 Å². The summed E-state index contributed by atoms with van der Waals surface area (Å²) in [7, 11) is 0. The van der Waals surface area contributed by atoms with Crippen molar-refractivity contribution in [2.45, 2.75) is 44.9 Å². The maximum absolute atomic E-state index is 12.6. The molecule has 1 aliphatic heterocycles. The normalized spacial score (nSPS) is 19.2. The van der Waals surface area contributed by atoms with Crippen LogP contribution >= 0.6 is 15.9 Å². The first kappa shape index (κ1) is 21.3. The molecule has 1 aromatic carbocycles. The maximum Gasteiger partial charge on any atom is 0.251 e. The summed E-state index contributed by atoms with van der Waals surface area (Å²) in [6.45, 7) is 5.31. The Kier molecular flexibility index (Phi) is 8.34. The SMILES string of the molecule is O=C(NCCC(=O)N1CCCN(CC2CCCCC2)CC1)c1ccc(Br)cc1. The van der Waals surface area contributed by atoms with Crippen LogP contribution in [0.5, 0.6) is 0 Å². The highest BCUT2D eigenvalue weighted by Crippen LogP contribution is 2.24. The molecule has 1 aromatic rings. The summed E-state index contributed by atoms with van der Waals surface area (Å²) >= 11 is 3.36. The lowest BCUT2D eigenvalue weighted by molar-refractivity contribution is -0.130. The van der Waals surface area contributed by atoms with Crippen LogP contribution in [0.3, 0.4) is 0 Å². The predicted molar refractivity (Wildman–Crippen MR) is 115 cm³/mol. The van der Waals surface area contributed by atoms with Crippen molar-refractivity contribution < 1.29 is 9.59 Å². The summed E-state index contributed by atoms with van der Waals surface area (Å²) < 4.78 is 0.943. The fourth-order valence-corrected chi connectivity index (χ4v) is 4.55. The van der Waals surface area contributed by atoms with Gasteiger partial charge in [-0.1, -0.05) is 35.2 Å².